The minimum Gasteiger partial charge on any atom is -0.497 e. The highest BCUT2D eigenvalue weighted by Crippen LogP contribution is 2.30. The quantitative estimate of drug-likeness (QED) is 0.398. The van der Waals surface area contributed by atoms with Gasteiger partial charge in [-0.25, -0.2) is 4.79 Å². The third-order valence-electron chi connectivity index (χ3n) is 6.53. The first-order valence-corrected chi connectivity index (χ1v) is 11.7. The van der Waals surface area contributed by atoms with Gasteiger partial charge in [0, 0.05) is 24.2 Å². The monoisotopic (exact) mass is 444 g/mol. The molecule has 0 bridgehead atoms. The van der Waals surface area contributed by atoms with E-state index in [1.807, 2.05) is 59.5 Å². The summed E-state index contributed by atoms with van der Waals surface area (Å²) in [6.07, 6.45) is 5.87. The molecule has 1 aliphatic heterocycles. The molecular formula is C28H32N2O3. The number of nitrogens with zero attached hydrogens (tertiary/aromatic N) is 2. The zero-order chi connectivity index (χ0) is 23.0. The molecule has 4 rings (SSSR count). The van der Waals surface area contributed by atoms with Crippen LogP contribution in [-0.4, -0.2) is 36.2 Å². The van der Waals surface area contributed by atoms with Crippen molar-refractivity contribution in [1.29, 1.82) is 0 Å². The fourth-order valence-electron chi connectivity index (χ4n) is 4.59. The van der Waals surface area contributed by atoms with Crippen LogP contribution in [-0.2, 0) is 17.8 Å². The van der Waals surface area contributed by atoms with Gasteiger partial charge in [0.1, 0.15) is 12.4 Å². The van der Waals surface area contributed by atoms with Crippen LogP contribution in [0.4, 0.5) is 4.79 Å². The van der Waals surface area contributed by atoms with Crippen LogP contribution in [0, 0.1) is 11.8 Å². The summed E-state index contributed by atoms with van der Waals surface area (Å²) in [7, 11) is 1.68. The lowest BCUT2D eigenvalue weighted by Crippen LogP contribution is -2.43. The number of hydrogen-bond acceptors (Lipinski definition) is 4. The minimum absolute atomic E-state index is 0.235. The standard InChI is InChI=1S/C28H32N2O3/c1-3-22-19-30(28(31)33-20-21-8-5-4-6-9-21)17-16-23(22)10-7-11-25-13-12-24-18-26(32-2)14-15-27(24)29-25/h3-6,8-9,12-15,18,22-23H,1,7,10-11,16-17,19-20H2,2H3/t22-,23+/m0/s1. The molecule has 0 N–H and O–H groups in total. The summed E-state index contributed by atoms with van der Waals surface area (Å²) in [6, 6.07) is 20.0. The van der Waals surface area contributed by atoms with Gasteiger partial charge in [-0.3, -0.25) is 4.98 Å². The van der Waals surface area contributed by atoms with Crippen LogP contribution in [0.1, 0.15) is 30.5 Å². The average molecular weight is 445 g/mol. The summed E-state index contributed by atoms with van der Waals surface area (Å²) < 4.78 is 10.8. The molecule has 0 aliphatic carbocycles. The van der Waals surface area contributed by atoms with E-state index in [9.17, 15) is 4.79 Å². The number of methoxy groups -OCH3 is 1. The summed E-state index contributed by atoms with van der Waals surface area (Å²) in [5.41, 5.74) is 3.12. The van der Waals surface area contributed by atoms with Crippen molar-refractivity contribution in [2.24, 2.45) is 11.8 Å². The molecule has 5 heteroatoms. The summed E-state index contributed by atoms with van der Waals surface area (Å²) in [5.74, 6) is 1.67. The molecule has 172 valence electrons. The number of benzene rings is 2. The molecule has 1 aromatic heterocycles. The average Bonchev–Trinajstić information content (AvgIpc) is 2.87. The van der Waals surface area contributed by atoms with E-state index < -0.39 is 0 Å². The van der Waals surface area contributed by atoms with Crippen molar-refractivity contribution in [3.05, 3.63) is 84.6 Å². The Labute approximate surface area is 196 Å². The molecule has 3 aromatic rings. The maximum Gasteiger partial charge on any atom is 0.410 e. The molecule has 1 aliphatic rings. The Morgan fingerprint density at radius 2 is 2.03 bits per heavy atom. The van der Waals surface area contributed by atoms with Crippen molar-refractivity contribution in [3.63, 3.8) is 0 Å². The van der Waals surface area contributed by atoms with E-state index in [0.29, 0.717) is 25.0 Å². The second kappa shape index (κ2) is 11.0. The van der Waals surface area contributed by atoms with Crippen molar-refractivity contribution >= 4 is 17.0 Å². The smallest absolute Gasteiger partial charge is 0.410 e. The number of hydrogen-bond donors (Lipinski definition) is 0. The van der Waals surface area contributed by atoms with Crippen LogP contribution in [0.3, 0.4) is 0 Å². The summed E-state index contributed by atoms with van der Waals surface area (Å²) in [5, 5.41) is 1.09. The molecule has 2 aromatic carbocycles. The maximum absolute atomic E-state index is 12.5. The molecule has 1 saturated heterocycles. The first-order valence-electron chi connectivity index (χ1n) is 11.7. The Balaban J connectivity index is 1.26. The van der Waals surface area contributed by atoms with E-state index in [2.05, 4.69) is 18.7 Å². The topological polar surface area (TPSA) is 51.7 Å². The Kier molecular flexibility index (Phi) is 7.61. The molecule has 1 amide bonds. The normalized spacial score (nSPS) is 18.2. The number of fused-ring (bicyclic) bond motifs is 1. The van der Waals surface area contributed by atoms with Crippen molar-refractivity contribution < 1.29 is 14.3 Å². The number of ether oxygens (including phenoxy) is 2. The van der Waals surface area contributed by atoms with Crippen LogP contribution in [0.15, 0.2) is 73.3 Å². The number of rotatable bonds is 8. The zero-order valence-corrected chi connectivity index (χ0v) is 19.3. The number of likely N-dealkylation sites (tertiary alicyclic amines) is 1. The van der Waals surface area contributed by atoms with Gasteiger partial charge in [0.2, 0.25) is 0 Å². The molecular weight excluding hydrogens is 412 g/mol. The van der Waals surface area contributed by atoms with Gasteiger partial charge < -0.3 is 14.4 Å². The Morgan fingerprint density at radius 1 is 1.18 bits per heavy atom. The van der Waals surface area contributed by atoms with Crippen LogP contribution in [0.25, 0.3) is 10.9 Å². The van der Waals surface area contributed by atoms with E-state index >= 15 is 0 Å². The van der Waals surface area contributed by atoms with Gasteiger partial charge in [-0.05, 0) is 67.3 Å². The first kappa shape index (κ1) is 22.8. The zero-order valence-electron chi connectivity index (χ0n) is 19.3. The van der Waals surface area contributed by atoms with E-state index in [-0.39, 0.29) is 6.09 Å². The molecule has 0 spiro atoms. The maximum atomic E-state index is 12.5. The fourth-order valence-corrected chi connectivity index (χ4v) is 4.59. The van der Waals surface area contributed by atoms with Gasteiger partial charge in [-0.1, -0.05) is 42.5 Å². The number of carbonyl (C=O) groups is 1. The highest BCUT2D eigenvalue weighted by molar-refractivity contribution is 5.80. The largest absolute Gasteiger partial charge is 0.497 e. The Hall–Kier alpha value is -3.34. The van der Waals surface area contributed by atoms with Gasteiger partial charge in [0.15, 0.2) is 0 Å². The molecule has 0 saturated carbocycles. The number of aryl methyl sites for hydroxylation is 1. The van der Waals surface area contributed by atoms with Gasteiger partial charge in [-0.2, -0.15) is 0 Å². The van der Waals surface area contributed by atoms with Gasteiger partial charge >= 0.3 is 6.09 Å². The predicted octanol–water partition coefficient (Wildman–Crippen LogP) is 6.03. The van der Waals surface area contributed by atoms with Gasteiger partial charge in [0.05, 0.1) is 12.6 Å². The summed E-state index contributed by atoms with van der Waals surface area (Å²) >= 11 is 0. The third kappa shape index (κ3) is 5.92. The molecule has 1 fully saturated rings. The van der Waals surface area contributed by atoms with Gasteiger partial charge in [0.25, 0.3) is 0 Å². The minimum atomic E-state index is -0.235. The van der Waals surface area contributed by atoms with Crippen LogP contribution < -0.4 is 4.74 Å². The van der Waals surface area contributed by atoms with Crippen molar-refractivity contribution in [2.75, 3.05) is 20.2 Å². The number of pyridine rings is 1. The predicted molar refractivity (Wildman–Crippen MR) is 131 cm³/mol. The van der Waals surface area contributed by atoms with Gasteiger partial charge in [-0.15, -0.1) is 6.58 Å². The van der Waals surface area contributed by atoms with Crippen LogP contribution in [0.5, 0.6) is 5.75 Å². The van der Waals surface area contributed by atoms with Crippen LogP contribution >= 0.6 is 0 Å². The lowest BCUT2D eigenvalue weighted by molar-refractivity contribution is 0.0707. The van der Waals surface area contributed by atoms with Crippen molar-refractivity contribution in [2.45, 2.75) is 32.3 Å². The SMILES string of the molecule is C=C[C@H]1CN(C(=O)OCc2ccccc2)CC[C@H]1CCCc1ccc2cc(OC)ccc2n1. The molecule has 5 nitrogen and oxygen atoms in total. The molecule has 0 radical (unpaired) electrons. The third-order valence-corrected chi connectivity index (χ3v) is 6.53. The number of aromatic nitrogens is 1. The first-order chi connectivity index (χ1) is 16.2. The summed E-state index contributed by atoms with van der Waals surface area (Å²) in [4.78, 5) is 19.2. The van der Waals surface area contributed by atoms with E-state index in [0.717, 1.165) is 60.1 Å². The Morgan fingerprint density at radius 3 is 2.82 bits per heavy atom. The lowest BCUT2D eigenvalue weighted by Gasteiger charge is -2.36. The number of piperidine rings is 1. The lowest BCUT2D eigenvalue weighted by atomic mass is 9.82. The second-order valence-corrected chi connectivity index (χ2v) is 8.69. The van der Waals surface area contributed by atoms with E-state index in [1.54, 1.807) is 7.11 Å². The molecule has 33 heavy (non-hydrogen) atoms. The highest BCUT2D eigenvalue weighted by atomic mass is 16.6. The summed E-state index contributed by atoms with van der Waals surface area (Å²) in [6.45, 7) is 5.76. The highest BCUT2D eigenvalue weighted by Gasteiger charge is 2.30. The Bertz CT molecular complexity index is 1080. The fraction of sp³-hybridized carbons (Fsp3) is 0.357. The van der Waals surface area contributed by atoms with Crippen molar-refractivity contribution in [1.82, 2.24) is 9.88 Å². The number of amides is 1. The number of carbonyl (C=O) groups excluding carboxylic acids is 1. The van der Waals surface area contributed by atoms with Crippen LogP contribution in [0.2, 0.25) is 0 Å². The molecule has 2 atom stereocenters. The van der Waals surface area contributed by atoms with Crippen molar-refractivity contribution in [3.8, 4) is 5.75 Å². The van der Waals surface area contributed by atoms with E-state index in [4.69, 9.17) is 14.5 Å². The van der Waals surface area contributed by atoms with E-state index in [1.165, 1.54) is 0 Å². The molecule has 2 heterocycles. The molecule has 0 unspecified atom stereocenters. The second-order valence-electron chi connectivity index (χ2n) is 8.69.